The first kappa shape index (κ1) is 21.2. The summed E-state index contributed by atoms with van der Waals surface area (Å²) in [5.41, 5.74) is -2.40. The molecule has 154 valence electrons. The Balaban J connectivity index is 1.80. The molecule has 0 saturated carbocycles. The number of thioether (sulfide) groups is 1. The lowest BCUT2D eigenvalue weighted by molar-refractivity contribution is -0.119. The van der Waals surface area contributed by atoms with E-state index in [1.54, 1.807) is 19.2 Å². The van der Waals surface area contributed by atoms with E-state index in [-0.39, 0.29) is 34.8 Å². The third-order valence-electron chi connectivity index (χ3n) is 4.60. The predicted molar refractivity (Wildman–Crippen MR) is 105 cm³/mol. The minimum Gasteiger partial charge on any atom is -0.308 e. The molecule has 29 heavy (non-hydrogen) atoms. The van der Waals surface area contributed by atoms with Crippen LogP contribution >= 0.6 is 11.8 Å². The maximum absolute atomic E-state index is 12.9. The summed E-state index contributed by atoms with van der Waals surface area (Å²) < 4.78 is 37.5. The van der Waals surface area contributed by atoms with Gasteiger partial charge in [0.2, 0.25) is 0 Å². The first-order chi connectivity index (χ1) is 13.6. The van der Waals surface area contributed by atoms with Crippen LogP contribution in [0, 0.1) is 0 Å². The summed E-state index contributed by atoms with van der Waals surface area (Å²) in [7, 11) is 0. The van der Waals surface area contributed by atoms with E-state index in [2.05, 4.69) is 4.98 Å². The van der Waals surface area contributed by atoms with Crippen LogP contribution in [0.15, 0.2) is 47.5 Å². The minimum atomic E-state index is -4.40. The fourth-order valence-electron chi connectivity index (χ4n) is 3.05. The summed E-state index contributed by atoms with van der Waals surface area (Å²) >= 11 is -0.245. The van der Waals surface area contributed by atoms with Gasteiger partial charge in [-0.3, -0.25) is 9.78 Å². The van der Waals surface area contributed by atoms with Crippen LogP contribution in [0.25, 0.3) is 0 Å². The van der Waals surface area contributed by atoms with Crippen LogP contribution in [-0.2, 0) is 11.3 Å². The van der Waals surface area contributed by atoms with Gasteiger partial charge in [-0.25, -0.2) is 9.69 Å². The second kappa shape index (κ2) is 8.06. The van der Waals surface area contributed by atoms with Gasteiger partial charge in [-0.2, -0.15) is 13.2 Å². The first-order valence-electron chi connectivity index (χ1n) is 9.02. The van der Waals surface area contributed by atoms with Crippen LogP contribution < -0.4 is 4.90 Å². The third kappa shape index (κ3) is 4.72. The zero-order chi connectivity index (χ0) is 21.3. The molecule has 0 aliphatic carbocycles. The van der Waals surface area contributed by atoms with Crippen molar-refractivity contribution in [3.05, 3.63) is 53.9 Å². The number of aromatic nitrogens is 1. The summed E-state index contributed by atoms with van der Waals surface area (Å²) in [6, 6.07) is 7.72. The summed E-state index contributed by atoms with van der Waals surface area (Å²) in [5.74, 6) is -0.183. The molecule has 3 rings (SSSR count). The van der Waals surface area contributed by atoms with Gasteiger partial charge < -0.3 is 4.90 Å². The highest BCUT2D eigenvalue weighted by Gasteiger charge is 2.43. The minimum absolute atomic E-state index is 0.0109. The molecule has 1 aliphatic heterocycles. The average Bonchev–Trinajstić information content (AvgIpc) is 2.85. The zero-order valence-corrected chi connectivity index (χ0v) is 16.9. The van der Waals surface area contributed by atoms with Crippen molar-refractivity contribution in [3.63, 3.8) is 0 Å². The van der Waals surface area contributed by atoms with Crippen LogP contribution in [0.2, 0.25) is 0 Å². The van der Waals surface area contributed by atoms with Crippen molar-refractivity contribution < 1.29 is 22.8 Å². The number of pyridine rings is 1. The lowest BCUT2D eigenvalue weighted by atomic mass is 10.1. The van der Waals surface area contributed by atoms with Crippen LogP contribution in [0.5, 0.6) is 0 Å². The van der Waals surface area contributed by atoms with Crippen LogP contribution in [0.3, 0.4) is 0 Å². The number of nitrogens with zero attached hydrogens (tertiary/aromatic N) is 3. The van der Waals surface area contributed by atoms with E-state index in [1.807, 2.05) is 19.9 Å². The van der Waals surface area contributed by atoms with Gasteiger partial charge in [0.05, 0.1) is 5.69 Å². The Bertz CT molecular complexity index is 916. The highest BCUT2D eigenvalue weighted by molar-refractivity contribution is 8.00. The number of benzene rings is 1. The van der Waals surface area contributed by atoms with E-state index >= 15 is 0 Å². The average molecular weight is 423 g/mol. The number of amides is 3. The SMILES string of the molecule is CC(C)c1cc(CN2C(=O)N(c3ccc(SC(F)(F)F)cc3)C(=O)C2C)ccn1. The third-order valence-corrected chi connectivity index (χ3v) is 5.34. The molecule has 1 saturated heterocycles. The predicted octanol–water partition coefficient (Wildman–Crippen LogP) is 5.17. The Morgan fingerprint density at radius 1 is 1.14 bits per heavy atom. The number of alkyl halides is 3. The van der Waals surface area contributed by atoms with Gasteiger partial charge in [-0.1, -0.05) is 13.8 Å². The Hall–Kier alpha value is -2.55. The van der Waals surface area contributed by atoms with Crippen molar-refractivity contribution in [1.29, 1.82) is 0 Å². The largest absolute Gasteiger partial charge is 0.446 e. The number of carbonyl (C=O) groups is 2. The van der Waals surface area contributed by atoms with E-state index in [4.69, 9.17) is 0 Å². The molecule has 0 bridgehead atoms. The first-order valence-corrected chi connectivity index (χ1v) is 9.83. The molecule has 0 spiro atoms. The van der Waals surface area contributed by atoms with Gasteiger partial charge in [-0.15, -0.1) is 0 Å². The van der Waals surface area contributed by atoms with E-state index in [0.29, 0.717) is 0 Å². The summed E-state index contributed by atoms with van der Waals surface area (Å²) in [5, 5.41) is 0. The van der Waals surface area contributed by atoms with Crippen molar-refractivity contribution in [3.8, 4) is 0 Å². The summed E-state index contributed by atoms with van der Waals surface area (Å²) in [4.78, 5) is 32.3. The van der Waals surface area contributed by atoms with Crippen LogP contribution in [0.4, 0.5) is 23.7 Å². The molecular weight excluding hydrogens is 403 g/mol. The lowest BCUT2D eigenvalue weighted by Crippen LogP contribution is -2.33. The monoisotopic (exact) mass is 423 g/mol. The van der Waals surface area contributed by atoms with Crippen molar-refractivity contribution in [1.82, 2.24) is 9.88 Å². The zero-order valence-electron chi connectivity index (χ0n) is 16.1. The van der Waals surface area contributed by atoms with E-state index < -0.39 is 23.5 Å². The number of hydrogen-bond acceptors (Lipinski definition) is 4. The molecule has 9 heteroatoms. The van der Waals surface area contributed by atoms with Gasteiger partial charge >= 0.3 is 11.5 Å². The number of urea groups is 1. The maximum atomic E-state index is 12.9. The number of imide groups is 1. The normalized spacial score (nSPS) is 17.6. The molecule has 2 heterocycles. The molecule has 2 aromatic rings. The number of halogens is 3. The smallest absolute Gasteiger partial charge is 0.308 e. The van der Waals surface area contributed by atoms with Gasteiger partial charge in [0.15, 0.2) is 0 Å². The molecular formula is C20H20F3N3O2S. The Morgan fingerprint density at radius 3 is 2.38 bits per heavy atom. The molecule has 3 amide bonds. The van der Waals surface area contributed by atoms with E-state index in [0.717, 1.165) is 16.2 Å². The van der Waals surface area contributed by atoms with Crippen LogP contribution in [0.1, 0.15) is 37.9 Å². The van der Waals surface area contributed by atoms with E-state index in [1.165, 1.54) is 29.2 Å². The topological polar surface area (TPSA) is 53.5 Å². The molecule has 1 aliphatic rings. The second-order valence-corrected chi connectivity index (χ2v) is 8.18. The molecule has 1 fully saturated rings. The molecule has 1 aromatic carbocycles. The quantitative estimate of drug-likeness (QED) is 0.492. The number of anilines is 1. The van der Waals surface area contributed by atoms with Crippen molar-refractivity contribution >= 4 is 29.4 Å². The molecule has 0 radical (unpaired) electrons. The van der Waals surface area contributed by atoms with Crippen molar-refractivity contribution in [2.24, 2.45) is 0 Å². The van der Waals surface area contributed by atoms with Gasteiger partial charge in [0, 0.05) is 23.3 Å². The molecule has 5 nitrogen and oxygen atoms in total. The van der Waals surface area contributed by atoms with Crippen molar-refractivity contribution in [2.75, 3.05) is 4.90 Å². The fraction of sp³-hybridized carbons (Fsp3) is 0.350. The van der Waals surface area contributed by atoms with Gasteiger partial charge in [0.25, 0.3) is 5.91 Å². The van der Waals surface area contributed by atoms with Gasteiger partial charge in [-0.05, 0) is 66.6 Å². The highest BCUT2D eigenvalue weighted by atomic mass is 32.2. The molecule has 1 atom stereocenters. The Morgan fingerprint density at radius 2 is 1.79 bits per heavy atom. The van der Waals surface area contributed by atoms with Gasteiger partial charge in [0.1, 0.15) is 6.04 Å². The fourth-order valence-corrected chi connectivity index (χ4v) is 3.59. The molecule has 0 N–H and O–H groups in total. The summed E-state index contributed by atoms with van der Waals surface area (Å²) in [6.45, 7) is 5.91. The maximum Gasteiger partial charge on any atom is 0.446 e. The standard InChI is InChI=1S/C20H20F3N3O2S/c1-12(2)17-10-14(8-9-24-17)11-25-13(3)18(27)26(19(25)28)15-4-6-16(7-5-15)29-20(21,22)23/h4-10,12-13H,11H2,1-3H3. The lowest BCUT2D eigenvalue weighted by Gasteiger charge is -2.20. The van der Waals surface area contributed by atoms with Crippen molar-refractivity contribution in [2.45, 2.75) is 49.7 Å². The number of carbonyl (C=O) groups excluding carboxylic acids is 2. The number of hydrogen-bond donors (Lipinski definition) is 0. The van der Waals surface area contributed by atoms with E-state index in [9.17, 15) is 22.8 Å². The van der Waals surface area contributed by atoms with Crippen LogP contribution in [-0.4, -0.2) is 33.4 Å². The number of rotatable bonds is 5. The Labute approximate surface area is 170 Å². The second-order valence-electron chi connectivity index (χ2n) is 7.05. The Kier molecular flexibility index (Phi) is 5.88. The summed E-state index contributed by atoms with van der Waals surface area (Å²) in [6.07, 6.45) is 1.67. The molecule has 1 aromatic heterocycles. The molecule has 1 unspecified atom stereocenters. The highest BCUT2D eigenvalue weighted by Crippen LogP contribution is 2.38.